The molecule has 3 fully saturated rings. The van der Waals surface area contributed by atoms with Crippen LogP contribution in [-0.2, 0) is 14.6 Å². The minimum atomic E-state index is -3.32. The molecule has 0 aromatic heterocycles. The van der Waals surface area contributed by atoms with Gasteiger partial charge in [-0.15, -0.1) is 0 Å². The molecule has 7 heteroatoms. The van der Waals surface area contributed by atoms with Gasteiger partial charge in [-0.2, -0.15) is 0 Å². The summed E-state index contributed by atoms with van der Waals surface area (Å²) in [5.41, 5.74) is -0.943. The molecule has 150 valence electrons. The standard InChI is InChI=1S/C20H28BrNO4S/c1-18(2,3)26-17(23)22-20-11-8-19(9-12-20,10-13-20)14-27(24,25)16-6-4-15(21)5-7-16/h4-7H,8-14H2,1-3H3,(H,22,23). The first-order chi connectivity index (χ1) is 12.4. The van der Waals surface area contributed by atoms with Crippen LogP contribution >= 0.6 is 15.9 Å². The highest BCUT2D eigenvalue weighted by Gasteiger charge is 2.51. The summed E-state index contributed by atoms with van der Waals surface area (Å²) in [6.45, 7) is 5.55. The number of hydrogen-bond donors (Lipinski definition) is 1. The van der Waals surface area contributed by atoms with E-state index in [0.717, 1.165) is 43.0 Å². The maximum absolute atomic E-state index is 12.9. The zero-order valence-corrected chi connectivity index (χ0v) is 18.6. The Morgan fingerprint density at radius 3 is 2.07 bits per heavy atom. The lowest BCUT2D eigenvalue weighted by Crippen LogP contribution is -2.58. The molecule has 1 N–H and O–H groups in total. The summed E-state index contributed by atoms with van der Waals surface area (Å²) >= 11 is 3.35. The molecule has 0 unspecified atom stereocenters. The molecule has 3 aliphatic rings. The molecule has 4 rings (SSSR count). The van der Waals surface area contributed by atoms with E-state index in [-0.39, 0.29) is 22.8 Å². The first kappa shape index (κ1) is 20.6. The zero-order valence-electron chi connectivity index (χ0n) is 16.2. The van der Waals surface area contributed by atoms with Gasteiger partial charge < -0.3 is 10.1 Å². The number of benzene rings is 1. The molecule has 27 heavy (non-hydrogen) atoms. The van der Waals surface area contributed by atoms with E-state index in [1.165, 1.54) is 0 Å². The van der Waals surface area contributed by atoms with Crippen molar-refractivity contribution < 1.29 is 17.9 Å². The fourth-order valence-electron chi connectivity index (χ4n) is 4.32. The monoisotopic (exact) mass is 457 g/mol. The van der Waals surface area contributed by atoms with Crippen LogP contribution in [0.25, 0.3) is 0 Å². The normalized spacial score (nSPS) is 28.0. The number of fused-ring (bicyclic) bond motifs is 3. The van der Waals surface area contributed by atoms with Crippen molar-refractivity contribution in [1.29, 1.82) is 0 Å². The molecule has 5 nitrogen and oxygen atoms in total. The summed E-state index contributed by atoms with van der Waals surface area (Å²) in [5.74, 6) is 0.185. The molecular formula is C20H28BrNO4S. The molecule has 1 aromatic carbocycles. The average molecular weight is 458 g/mol. The first-order valence-electron chi connectivity index (χ1n) is 9.42. The molecule has 1 amide bonds. The molecule has 0 aliphatic heterocycles. The van der Waals surface area contributed by atoms with Crippen LogP contribution in [0.5, 0.6) is 0 Å². The zero-order chi connectivity index (χ0) is 19.9. The molecule has 2 bridgehead atoms. The Hall–Kier alpha value is -1.08. The summed E-state index contributed by atoms with van der Waals surface area (Å²) < 4.78 is 32.1. The van der Waals surface area contributed by atoms with Crippen LogP contribution in [0.2, 0.25) is 0 Å². The second kappa shape index (κ2) is 7.07. The average Bonchev–Trinajstić information content (AvgIpc) is 2.54. The van der Waals surface area contributed by atoms with E-state index in [4.69, 9.17) is 4.74 Å². The molecule has 0 atom stereocenters. The Morgan fingerprint density at radius 1 is 1.07 bits per heavy atom. The fourth-order valence-corrected chi connectivity index (χ4v) is 6.54. The summed E-state index contributed by atoms with van der Waals surface area (Å²) in [6.07, 6.45) is 4.50. The largest absolute Gasteiger partial charge is 0.444 e. The Kier molecular flexibility index (Phi) is 5.40. The Bertz CT molecular complexity index is 787. The van der Waals surface area contributed by atoms with Gasteiger partial charge >= 0.3 is 6.09 Å². The molecule has 1 aromatic rings. The van der Waals surface area contributed by atoms with Gasteiger partial charge in [-0.25, -0.2) is 13.2 Å². The van der Waals surface area contributed by atoms with Crippen molar-refractivity contribution in [2.75, 3.05) is 5.75 Å². The maximum Gasteiger partial charge on any atom is 0.408 e. The lowest BCUT2D eigenvalue weighted by Gasteiger charge is -2.53. The van der Waals surface area contributed by atoms with Crippen molar-refractivity contribution in [2.45, 2.75) is 75.3 Å². The Morgan fingerprint density at radius 2 is 1.59 bits per heavy atom. The Balaban J connectivity index is 1.65. The van der Waals surface area contributed by atoms with Crippen LogP contribution in [-0.4, -0.2) is 31.4 Å². The summed E-state index contributed by atoms with van der Waals surface area (Å²) in [7, 11) is -3.32. The third-order valence-corrected chi connectivity index (χ3v) is 8.35. The number of carbonyl (C=O) groups is 1. The number of hydrogen-bond acceptors (Lipinski definition) is 4. The van der Waals surface area contributed by atoms with Gasteiger partial charge in [0.25, 0.3) is 0 Å². The second-order valence-corrected chi connectivity index (χ2v) is 12.0. The molecular weight excluding hydrogens is 430 g/mol. The summed E-state index contributed by atoms with van der Waals surface area (Å²) in [6, 6.07) is 6.86. The van der Waals surface area contributed by atoms with E-state index >= 15 is 0 Å². The van der Waals surface area contributed by atoms with Gasteiger partial charge in [0.1, 0.15) is 5.60 Å². The van der Waals surface area contributed by atoms with E-state index in [9.17, 15) is 13.2 Å². The number of rotatable bonds is 4. The fraction of sp³-hybridized carbons (Fsp3) is 0.650. The molecule has 3 saturated carbocycles. The maximum atomic E-state index is 12.9. The van der Waals surface area contributed by atoms with Crippen molar-refractivity contribution in [2.24, 2.45) is 5.41 Å². The minimum absolute atomic E-state index is 0.177. The predicted octanol–water partition coefficient (Wildman–Crippen LogP) is 4.84. The minimum Gasteiger partial charge on any atom is -0.444 e. The van der Waals surface area contributed by atoms with Crippen molar-refractivity contribution in [3.63, 3.8) is 0 Å². The van der Waals surface area contributed by atoms with Crippen LogP contribution in [0, 0.1) is 5.41 Å². The second-order valence-electron chi connectivity index (χ2n) is 9.12. The molecule has 3 aliphatic carbocycles. The highest BCUT2D eigenvalue weighted by molar-refractivity contribution is 9.10. The van der Waals surface area contributed by atoms with Crippen LogP contribution in [0.3, 0.4) is 0 Å². The lowest BCUT2D eigenvalue weighted by atomic mass is 9.58. The highest BCUT2D eigenvalue weighted by atomic mass is 79.9. The number of amides is 1. The quantitative estimate of drug-likeness (QED) is 0.701. The van der Waals surface area contributed by atoms with Gasteiger partial charge in [-0.1, -0.05) is 15.9 Å². The lowest BCUT2D eigenvalue weighted by molar-refractivity contribution is 0.0126. The highest BCUT2D eigenvalue weighted by Crippen LogP contribution is 2.53. The number of nitrogens with one attached hydrogen (secondary N) is 1. The SMILES string of the molecule is CC(C)(C)OC(=O)NC12CCC(CS(=O)(=O)c3ccc(Br)cc3)(CC1)CC2. The molecule has 0 saturated heterocycles. The smallest absolute Gasteiger partial charge is 0.408 e. The van der Waals surface area contributed by atoms with Crippen molar-refractivity contribution in [3.05, 3.63) is 28.7 Å². The van der Waals surface area contributed by atoms with E-state index in [0.29, 0.717) is 4.90 Å². The van der Waals surface area contributed by atoms with Gasteiger partial charge in [0.05, 0.1) is 10.6 Å². The van der Waals surface area contributed by atoms with E-state index < -0.39 is 15.4 Å². The topological polar surface area (TPSA) is 72.5 Å². The van der Waals surface area contributed by atoms with Gasteiger partial charge in [0.15, 0.2) is 9.84 Å². The predicted molar refractivity (Wildman–Crippen MR) is 108 cm³/mol. The van der Waals surface area contributed by atoms with Crippen LogP contribution in [0.4, 0.5) is 4.79 Å². The van der Waals surface area contributed by atoms with Crippen LogP contribution in [0.15, 0.2) is 33.6 Å². The van der Waals surface area contributed by atoms with Gasteiger partial charge in [0.2, 0.25) is 0 Å². The van der Waals surface area contributed by atoms with Crippen molar-refractivity contribution >= 4 is 31.9 Å². The van der Waals surface area contributed by atoms with E-state index in [1.807, 2.05) is 20.8 Å². The van der Waals surface area contributed by atoms with Gasteiger partial charge in [-0.3, -0.25) is 0 Å². The van der Waals surface area contributed by atoms with Crippen LogP contribution in [0.1, 0.15) is 59.3 Å². The third kappa shape index (κ3) is 4.86. The molecule has 0 radical (unpaired) electrons. The van der Waals surface area contributed by atoms with Gasteiger partial charge in [0, 0.05) is 10.0 Å². The van der Waals surface area contributed by atoms with Crippen molar-refractivity contribution in [3.8, 4) is 0 Å². The summed E-state index contributed by atoms with van der Waals surface area (Å²) in [4.78, 5) is 12.6. The van der Waals surface area contributed by atoms with E-state index in [1.54, 1.807) is 24.3 Å². The Labute approximate surface area is 170 Å². The van der Waals surface area contributed by atoms with Crippen molar-refractivity contribution in [1.82, 2.24) is 5.32 Å². The first-order valence-corrected chi connectivity index (χ1v) is 11.9. The van der Waals surface area contributed by atoms with E-state index in [2.05, 4.69) is 21.2 Å². The number of alkyl carbamates (subject to hydrolysis) is 1. The number of sulfone groups is 1. The third-order valence-electron chi connectivity index (χ3n) is 5.84. The van der Waals surface area contributed by atoms with Crippen LogP contribution < -0.4 is 5.32 Å². The molecule has 0 spiro atoms. The number of carbonyl (C=O) groups excluding carboxylic acids is 1. The number of halogens is 1. The molecule has 0 heterocycles. The summed E-state index contributed by atoms with van der Waals surface area (Å²) in [5, 5.41) is 3.08. The number of ether oxygens (including phenoxy) is 1. The van der Waals surface area contributed by atoms with Gasteiger partial charge in [-0.05, 0) is 89.0 Å².